The average Bonchev–Trinajstić information content (AvgIpc) is 2.94. The van der Waals surface area contributed by atoms with Crippen LogP contribution in [0, 0.1) is 5.92 Å². The highest BCUT2D eigenvalue weighted by atomic mass is 16.5. The lowest BCUT2D eigenvalue weighted by molar-refractivity contribution is -0.122. The molecular formula is C15H22N2O3. The number of nitrogens with two attached hydrogens (primary N) is 1. The van der Waals surface area contributed by atoms with E-state index in [0.717, 1.165) is 31.6 Å². The van der Waals surface area contributed by atoms with Gasteiger partial charge in [-0.25, -0.2) is 0 Å². The third-order valence-corrected chi connectivity index (χ3v) is 3.60. The molecule has 1 aromatic carbocycles. The van der Waals surface area contributed by atoms with Crippen molar-refractivity contribution in [3.8, 4) is 5.75 Å². The summed E-state index contributed by atoms with van der Waals surface area (Å²) in [5.74, 6) is 0.645. The van der Waals surface area contributed by atoms with Gasteiger partial charge in [-0.2, -0.15) is 0 Å². The highest BCUT2D eigenvalue weighted by Gasteiger charge is 2.17. The van der Waals surface area contributed by atoms with Gasteiger partial charge < -0.3 is 20.9 Å². The minimum Gasteiger partial charge on any atom is -0.508 e. The summed E-state index contributed by atoms with van der Waals surface area (Å²) in [6.45, 7) is 2.28. The molecule has 0 spiro atoms. The SMILES string of the molecule is N[C@H](Cc1ccc(O)cc1)C(=O)NCCC1CCOC1. The van der Waals surface area contributed by atoms with Gasteiger partial charge in [-0.1, -0.05) is 12.1 Å². The first-order valence-corrected chi connectivity index (χ1v) is 7.04. The van der Waals surface area contributed by atoms with Crippen molar-refractivity contribution in [3.63, 3.8) is 0 Å². The molecule has 110 valence electrons. The second-order valence-electron chi connectivity index (χ2n) is 5.29. The molecule has 1 saturated heterocycles. The number of hydrogen-bond acceptors (Lipinski definition) is 4. The second-order valence-corrected chi connectivity index (χ2v) is 5.29. The lowest BCUT2D eigenvalue weighted by atomic mass is 10.0. The molecule has 1 aliphatic heterocycles. The summed E-state index contributed by atoms with van der Waals surface area (Å²) in [4.78, 5) is 11.9. The van der Waals surface area contributed by atoms with E-state index in [1.165, 1.54) is 0 Å². The molecule has 5 nitrogen and oxygen atoms in total. The molecule has 2 atom stereocenters. The van der Waals surface area contributed by atoms with Crippen LogP contribution in [0.15, 0.2) is 24.3 Å². The number of phenols is 1. The molecule has 0 radical (unpaired) electrons. The second kappa shape index (κ2) is 7.26. The van der Waals surface area contributed by atoms with E-state index >= 15 is 0 Å². The zero-order valence-corrected chi connectivity index (χ0v) is 11.5. The Hall–Kier alpha value is -1.59. The molecule has 1 amide bonds. The summed E-state index contributed by atoms with van der Waals surface area (Å²) in [5, 5.41) is 12.1. The molecule has 2 rings (SSSR count). The van der Waals surface area contributed by atoms with Crippen molar-refractivity contribution >= 4 is 5.91 Å². The van der Waals surface area contributed by atoms with Gasteiger partial charge in [0, 0.05) is 19.8 Å². The quantitative estimate of drug-likeness (QED) is 0.719. The standard InChI is InChI=1S/C15H22N2O3/c16-14(9-11-1-3-13(18)4-2-11)15(19)17-7-5-12-6-8-20-10-12/h1-4,12,14,18H,5-10,16H2,(H,17,19)/t12?,14-/m1/s1. The predicted octanol–water partition coefficient (Wildman–Crippen LogP) is 0.805. The van der Waals surface area contributed by atoms with Crippen molar-refractivity contribution in [1.82, 2.24) is 5.32 Å². The molecule has 4 N–H and O–H groups in total. The number of ether oxygens (including phenoxy) is 1. The Morgan fingerprint density at radius 1 is 1.45 bits per heavy atom. The van der Waals surface area contributed by atoms with Gasteiger partial charge in [0.25, 0.3) is 0 Å². The van der Waals surface area contributed by atoms with Crippen molar-refractivity contribution in [2.24, 2.45) is 11.7 Å². The van der Waals surface area contributed by atoms with Gasteiger partial charge in [-0.3, -0.25) is 4.79 Å². The largest absolute Gasteiger partial charge is 0.508 e. The normalized spacial score (nSPS) is 19.8. The minimum absolute atomic E-state index is 0.128. The number of hydrogen-bond donors (Lipinski definition) is 3. The van der Waals surface area contributed by atoms with Crippen LogP contribution in [0.4, 0.5) is 0 Å². The molecule has 20 heavy (non-hydrogen) atoms. The smallest absolute Gasteiger partial charge is 0.237 e. The van der Waals surface area contributed by atoms with E-state index in [4.69, 9.17) is 10.5 Å². The monoisotopic (exact) mass is 278 g/mol. The molecule has 1 aliphatic rings. The van der Waals surface area contributed by atoms with Crippen molar-refractivity contribution in [3.05, 3.63) is 29.8 Å². The fourth-order valence-corrected chi connectivity index (χ4v) is 2.32. The van der Waals surface area contributed by atoms with Crippen molar-refractivity contribution in [1.29, 1.82) is 0 Å². The van der Waals surface area contributed by atoms with Gasteiger partial charge in [0.2, 0.25) is 5.91 Å². The van der Waals surface area contributed by atoms with Crippen LogP contribution in [0.5, 0.6) is 5.75 Å². The first-order valence-electron chi connectivity index (χ1n) is 7.04. The highest BCUT2D eigenvalue weighted by Crippen LogP contribution is 2.15. The Morgan fingerprint density at radius 2 is 2.20 bits per heavy atom. The molecule has 0 aromatic heterocycles. The molecule has 5 heteroatoms. The number of amides is 1. The topological polar surface area (TPSA) is 84.6 Å². The molecule has 0 bridgehead atoms. The summed E-state index contributed by atoms with van der Waals surface area (Å²) in [7, 11) is 0. The number of aromatic hydroxyl groups is 1. The predicted molar refractivity (Wildman–Crippen MR) is 76.3 cm³/mol. The first-order chi connectivity index (χ1) is 9.65. The Morgan fingerprint density at radius 3 is 2.85 bits per heavy atom. The maximum Gasteiger partial charge on any atom is 0.237 e. The molecule has 1 unspecified atom stereocenters. The Labute approximate surface area is 119 Å². The van der Waals surface area contributed by atoms with Gasteiger partial charge in [0.1, 0.15) is 5.75 Å². The van der Waals surface area contributed by atoms with Gasteiger partial charge in [0.15, 0.2) is 0 Å². The van der Waals surface area contributed by atoms with Crippen LogP contribution in [-0.2, 0) is 16.0 Å². The van der Waals surface area contributed by atoms with Crippen LogP contribution in [0.3, 0.4) is 0 Å². The fourth-order valence-electron chi connectivity index (χ4n) is 2.32. The van der Waals surface area contributed by atoms with E-state index in [9.17, 15) is 9.90 Å². The van der Waals surface area contributed by atoms with E-state index in [2.05, 4.69) is 5.32 Å². The van der Waals surface area contributed by atoms with Gasteiger partial charge in [-0.15, -0.1) is 0 Å². The Kier molecular flexibility index (Phi) is 5.38. The Bertz CT molecular complexity index is 427. The number of carbonyl (C=O) groups is 1. The van der Waals surface area contributed by atoms with E-state index in [1.54, 1.807) is 24.3 Å². The van der Waals surface area contributed by atoms with Crippen LogP contribution in [0.1, 0.15) is 18.4 Å². The lowest BCUT2D eigenvalue weighted by Crippen LogP contribution is -2.42. The first kappa shape index (κ1) is 14.8. The van der Waals surface area contributed by atoms with Crippen LogP contribution < -0.4 is 11.1 Å². The van der Waals surface area contributed by atoms with Crippen LogP contribution in [-0.4, -0.2) is 36.8 Å². The number of phenolic OH excluding ortho intramolecular Hbond substituents is 1. The highest BCUT2D eigenvalue weighted by molar-refractivity contribution is 5.81. The number of nitrogens with one attached hydrogen (secondary N) is 1. The van der Waals surface area contributed by atoms with Crippen LogP contribution >= 0.6 is 0 Å². The summed E-state index contributed by atoms with van der Waals surface area (Å²) < 4.78 is 5.29. The number of carbonyl (C=O) groups excluding carboxylic acids is 1. The summed E-state index contributed by atoms with van der Waals surface area (Å²) in [6.07, 6.45) is 2.49. The third-order valence-electron chi connectivity index (χ3n) is 3.60. The van der Waals surface area contributed by atoms with Gasteiger partial charge >= 0.3 is 0 Å². The van der Waals surface area contributed by atoms with E-state index in [1.807, 2.05) is 0 Å². The van der Waals surface area contributed by atoms with Gasteiger partial charge in [-0.05, 0) is 42.9 Å². The average molecular weight is 278 g/mol. The van der Waals surface area contributed by atoms with Crippen LogP contribution in [0.2, 0.25) is 0 Å². The third kappa shape index (κ3) is 4.51. The zero-order valence-electron chi connectivity index (χ0n) is 11.5. The molecule has 0 saturated carbocycles. The number of rotatable bonds is 6. The molecule has 1 aromatic rings. The summed E-state index contributed by atoms with van der Waals surface area (Å²) in [5.41, 5.74) is 6.82. The maximum absolute atomic E-state index is 11.9. The minimum atomic E-state index is -0.556. The zero-order chi connectivity index (χ0) is 14.4. The molecule has 1 fully saturated rings. The van der Waals surface area contributed by atoms with E-state index in [-0.39, 0.29) is 11.7 Å². The van der Waals surface area contributed by atoms with E-state index < -0.39 is 6.04 Å². The molecular weight excluding hydrogens is 256 g/mol. The van der Waals surface area contributed by atoms with Crippen molar-refractivity contribution in [2.45, 2.75) is 25.3 Å². The molecule has 0 aliphatic carbocycles. The van der Waals surface area contributed by atoms with E-state index in [0.29, 0.717) is 18.9 Å². The summed E-state index contributed by atoms with van der Waals surface area (Å²) in [6, 6.07) is 6.19. The van der Waals surface area contributed by atoms with Crippen LogP contribution in [0.25, 0.3) is 0 Å². The maximum atomic E-state index is 11.9. The lowest BCUT2D eigenvalue weighted by Gasteiger charge is -2.13. The van der Waals surface area contributed by atoms with Crippen molar-refractivity contribution < 1.29 is 14.6 Å². The fraction of sp³-hybridized carbons (Fsp3) is 0.533. The van der Waals surface area contributed by atoms with Crippen molar-refractivity contribution in [2.75, 3.05) is 19.8 Å². The summed E-state index contributed by atoms with van der Waals surface area (Å²) >= 11 is 0. The number of benzene rings is 1. The Balaban J connectivity index is 1.69. The molecule has 1 heterocycles. The van der Waals surface area contributed by atoms with Gasteiger partial charge in [0.05, 0.1) is 6.04 Å².